The van der Waals surface area contributed by atoms with Crippen molar-refractivity contribution in [1.29, 1.82) is 0 Å². The van der Waals surface area contributed by atoms with Gasteiger partial charge in [0, 0.05) is 44.1 Å². The molecular formula is C22H22N6O3. The van der Waals surface area contributed by atoms with Gasteiger partial charge in [-0.25, -0.2) is 9.97 Å². The molecule has 1 aromatic carbocycles. The molecule has 0 aliphatic carbocycles. The highest BCUT2D eigenvalue weighted by atomic mass is 16.5. The quantitative estimate of drug-likeness (QED) is 0.639. The minimum absolute atomic E-state index is 0.00191. The molecule has 158 valence electrons. The maximum atomic E-state index is 12.9. The number of nitrogens with zero attached hydrogens (tertiary/aromatic N) is 6. The first-order chi connectivity index (χ1) is 15.0. The van der Waals surface area contributed by atoms with Crippen molar-refractivity contribution in [2.75, 3.05) is 24.5 Å². The second-order valence-corrected chi connectivity index (χ2v) is 8.14. The average molecular weight is 418 g/mol. The third-order valence-electron chi connectivity index (χ3n) is 6.03. The van der Waals surface area contributed by atoms with Crippen LogP contribution in [0.1, 0.15) is 29.4 Å². The molecule has 9 nitrogen and oxygen atoms in total. The molecule has 5 rings (SSSR count). The molecule has 0 bridgehead atoms. The highest BCUT2D eigenvalue weighted by molar-refractivity contribution is 6.00. The summed E-state index contributed by atoms with van der Waals surface area (Å²) in [5, 5.41) is 3.94. The van der Waals surface area contributed by atoms with Gasteiger partial charge in [0.05, 0.1) is 11.8 Å². The van der Waals surface area contributed by atoms with Crippen LogP contribution in [0.5, 0.6) is 0 Å². The fourth-order valence-electron chi connectivity index (χ4n) is 4.00. The van der Waals surface area contributed by atoms with Crippen LogP contribution in [-0.4, -0.2) is 56.5 Å². The lowest BCUT2D eigenvalue weighted by Crippen LogP contribution is -2.51. The van der Waals surface area contributed by atoms with Crippen molar-refractivity contribution in [3.05, 3.63) is 53.7 Å². The largest absolute Gasteiger partial charge is 0.341 e. The van der Waals surface area contributed by atoms with Gasteiger partial charge in [-0.05, 0) is 43.2 Å². The summed E-state index contributed by atoms with van der Waals surface area (Å²) >= 11 is 0. The van der Waals surface area contributed by atoms with Gasteiger partial charge in [-0.2, -0.15) is 4.98 Å². The molecule has 0 saturated carbocycles. The molecule has 0 N–H and O–H groups in total. The number of anilines is 1. The smallest absolute Gasteiger partial charge is 0.240 e. The minimum Gasteiger partial charge on any atom is -0.341 e. The van der Waals surface area contributed by atoms with Crippen molar-refractivity contribution < 1.29 is 14.1 Å². The highest BCUT2D eigenvalue weighted by Gasteiger charge is 2.42. The van der Waals surface area contributed by atoms with E-state index in [1.165, 1.54) is 5.56 Å². The van der Waals surface area contributed by atoms with E-state index in [0.717, 1.165) is 11.3 Å². The second-order valence-electron chi connectivity index (χ2n) is 8.14. The second kappa shape index (κ2) is 7.57. The van der Waals surface area contributed by atoms with Gasteiger partial charge < -0.3 is 14.3 Å². The minimum atomic E-state index is -0.328. The van der Waals surface area contributed by atoms with Crippen LogP contribution in [0.15, 0.2) is 41.2 Å². The predicted octanol–water partition coefficient (Wildman–Crippen LogP) is 2.12. The maximum absolute atomic E-state index is 12.9. The number of aryl methyl sites for hydroxylation is 2. The van der Waals surface area contributed by atoms with Crippen LogP contribution in [0, 0.1) is 19.8 Å². The number of carbonyl (C=O) groups is 2. The molecule has 3 aromatic rings. The Bertz CT molecular complexity index is 1140. The highest BCUT2D eigenvalue weighted by Crippen LogP contribution is 2.32. The summed E-state index contributed by atoms with van der Waals surface area (Å²) in [5.74, 6) is 0.871. The molecule has 2 aliphatic rings. The molecule has 2 aliphatic heterocycles. The fraction of sp³-hybridized carbons (Fsp3) is 0.364. The molecule has 0 radical (unpaired) electrons. The number of amides is 2. The number of aromatic nitrogens is 4. The average Bonchev–Trinajstić information content (AvgIpc) is 3.37. The summed E-state index contributed by atoms with van der Waals surface area (Å²) in [7, 11) is 0. The molecule has 2 fully saturated rings. The molecule has 9 heteroatoms. The molecule has 2 saturated heterocycles. The molecule has 1 unspecified atom stereocenters. The van der Waals surface area contributed by atoms with Gasteiger partial charge in [-0.15, -0.1) is 0 Å². The van der Waals surface area contributed by atoms with Crippen molar-refractivity contribution >= 4 is 17.5 Å². The van der Waals surface area contributed by atoms with Crippen LogP contribution in [0.2, 0.25) is 0 Å². The number of rotatable bonds is 4. The summed E-state index contributed by atoms with van der Waals surface area (Å²) in [4.78, 5) is 41.6. The molecule has 31 heavy (non-hydrogen) atoms. The van der Waals surface area contributed by atoms with Crippen LogP contribution in [0.3, 0.4) is 0 Å². The van der Waals surface area contributed by atoms with E-state index in [-0.39, 0.29) is 30.1 Å². The number of likely N-dealkylation sites (tertiary alicyclic amines) is 1. The van der Waals surface area contributed by atoms with E-state index in [1.54, 1.807) is 28.3 Å². The Balaban J connectivity index is 1.20. The van der Waals surface area contributed by atoms with E-state index in [9.17, 15) is 9.59 Å². The zero-order valence-corrected chi connectivity index (χ0v) is 17.4. The molecule has 1 atom stereocenters. The van der Waals surface area contributed by atoms with Gasteiger partial charge in [0.15, 0.2) is 0 Å². The third kappa shape index (κ3) is 3.56. The molecule has 2 aromatic heterocycles. The van der Waals surface area contributed by atoms with Crippen molar-refractivity contribution in [2.24, 2.45) is 5.92 Å². The third-order valence-corrected chi connectivity index (χ3v) is 6.03. The van der Waals surface area contributed by atoms with Crippen molar-refractivity contribution in [3.63, 3.8) is 0 Å². The van der Waals surface area contributed by atoms with Crippen molar-refractivity contribution in [1.82, 2.24) is 25.0 Å². The normalized spacial score (nSPS) is 19.0. The van der Waals surface area contributed by atoms with Crippen LogP contribution in [0.25, 0.3) is 11.6 Å². The Hall–Kier alpha value is -3.62. The van der Waals surface area contributed by atoms with E-state index in [4.69, 9.17) is 4.52 Å². The number of hydrogen-bond donors (Lipinski definition) is 0. The van der Waals surface area contributed by atoms with Crippen LogP contribution in [-0.2, 0) is 9.59 Å². The zero-order chi connectivity index (χ0) is 21.5. The number of carbonyl (C=O) groups excluding carboxylic acids is 2. The lowest BCUT2D eigenvalue weighted by atomic mass is 9.96. The Morgan fingerprint density at radius 2 is 1.84 bits per heavy atom. The van der Waals surface area contributed by atoms with E-state index in [1.807, 2.05) is 32.0 Å². The fourth-order valence-corrected chi connectivity index (χ4v) is 4.00. The van der Waals surface area contributed by atoms with E-state index >= 15 is 0 Å². The first-order valence-corrected chi connectivity index (χ1v) is 10.3. The summed E-state index contributed by atoms with van der Waals surface area (Å²) < 4.78 is 5.35. The SMILES string of the molecule is Cc1ccc(N2CC(C(=O)N3CC(c4nc(-c5ncccn5)no4)C3)CC2=O)cc1C. The Kier molecular flexibility index (Phi) is 4.72. The van der Waals surface area contributed by atoms with Gasteiger partial charge in [-0.1, -0.05) is 11.2 Å². The molecule has 0 spiro atoms. The van der Waals surface area contributed by atoms with Crippen LogP contribution < -0.4 is 4.90 Å². The van der Waals surface area contributed by atoms with Crippen LogP contribution in [0.4, 0.5) is 5.69 Å². The standard InChI is InChI=1S/C22H22N6O3/c1-13-4-5-17(8-14(13)2)28-12-15(9-18(28)29)22(30)27-10-16(11-27)21-25-20(26-31-21)19-23-6-3-7-24-19/h3-8,15-16H,9-12H2,1-2H3. The van der Waals surface area contributed by atoms with Gasteiger partial charge >= 0.3 is 0 Å². The zero-order valence-electron chi connectivity index (χ0n) is 17.4. The Morgan fingerprint density at radius 1 is 1.06 bits per heavy atom. The first kappa shape index (κ1) is 19.3. The topological polar surface area (TPSA) is 105 Å². The van der Waals surface area contributed by atoms with E-state index in [0.29, 0.717) is 37.2 Å². The Morgan fingerprint density at radius 3 is 2.58 bits per heavy atom. The van der Waals surface area contributed by atoms with Crippen molar-refractivity contribution in [3.8, 4) is 11.6 Å². The molecule has 2 amide bonds. The van der Waals surface area contributed by atoms with Gasteiger partial charge in [0.2, 0.25) is 29.4 Å². The van der Waals surface area contributed by atoms with Gasteiger partial charge in [0.1, 0.15) is 0 Å². The van der Waals surface area contributed by atoms with Crippen LogP contribution >= 0.6 is 0 Å². The summed E-state index contributed by atoms with van der Waals surface area (Å²) in [6.45, 7) is 5.48. The number of hydrogen-bond acceptors (Lipinski definition) is 7. The summed E-state index contributed by atoms with van der Waals surface area (Å²) in [5.41, 5.74) is 3.16. The summed E-state index contributed by atoms with van der Waals surface area (Å²) in [6, 6.07) is 7.67. The van der Waals surface area contributed by atoms with E-state index in [2.05, 4.69) is 20.1 Å². The van der Waals surface area contributed by atoms with Crippen molar-refractivity contribution in [2.45, 2.75) is 26.2 Å². The van der Waals surface area contributed by atoms with Gasteiger partial charge in [-0.3, -0.25) is 9.59 Å². The lowest BCUT2D eigenvalue weighted by Gasteiger charge is -2.38. The Labute approximate surface area is 179 Å². The maximum Gasteiger partial charge on any atom is 0.240 e. The summed E-state index contributed by atoms with van der Waals surface area (Å²) in [6.07, 6.45) is 3.47. The molecular weight excluding hydrogens is 396 g/mol. The lowest BCUT2D eigenvalue weighted by molar-refractivity contribution is -0.140. The molecule has 4 heterocycles. The number of benzene rings is 1. The van der Waals surface area contributed by atoms with Gasteiger partial charge in [0.25, 0.3) is 0 Å². The van der Waals surface area contributed by atoms with E-state index < -0.39 is 0 Å². The predicted molar refractivity (Wildman–Crippen MR) is 111 cm³/mol. The first-order valence-electron chi connectivity index (χ1n) is 10.3. The monoisotopic (exact) mass is 418 g/mol.